The predicted molar refractivity (Wildman–Crippen MR) is 93.1 cm³/mol. The summed E-state index contributed by atoms with van der Waals surface area (Å²) < 4.78 is 5.60. The normalized spacial score (nSPS) is 25.1. The number of carbonyl (C=O) groups excluding carboxylic acids is 2. The van der Waals surface area contributed by atoms with Crippen molar-refractivity contribution >= 4 is 23.2 Å². The molecule has 0 aromatic heterocycles. The van der Waals surface area contributed by atoms with E-state index < -0.39 is 0 Å². The highest BCUT2D eigenvalue weighted by Crippen LogP contribution is 2.29. The van der Waals surface area contributed by atoms with E-state index in [9.17, 15) is 9.59 Å². The van der Waals surface area contributed by atoms with E-state index >= 15 is 0 Å². The fourth-order valence-electron chi connectivity index (χ4n) is 3.28. The molecule has 0 bridgehead atoms. The lowest BCUT2D eigenvalue weighted by Crippen LogP contribution is -2.50. The highest BCUT2D eigenvalue weighted by Gasteiger charge is 2.27. The molecule has 0 radical (unpaired) electrons. The van der Waals surface area contributed by atoms with E-state index in [0.29, 0.717) is 31.8 Å². The zero-order valence-corrected chi connectivity index (χ0v) is 14.3. The number of hydrogen-bond acceptors (Lipinski definition) is 4. The molecule has 2 heterocycles. The van der Waals surface area contributed by atoms with Gasteiger partial charge in [-0.25, -0.2) is 0 Å². The molecule has 2 saturated heterocycles. The van der Waals surface area contributed by atoms with Gasteiger partial charge in [-0.1, -0.05) is 12.1 Å². The lowest BCUT2D eigenvalue weighted by atomic mass is 10.2. The molecule has 2 amide bonds. The highest BCUT2D eigenvalue weighted by atomic mass is 16.5. The van der Waals surface area contributed by atoms with Crippen molar-refractivity contribution in [2.24, 2.45) is 0 Å². The molecule has 0 saturated carbocycles. The lowest BCUT2D eigenvalue weighted by molar-refractivity contribution is -0.121. The maximum absolute atomic E-state index is 12.5. The first-order valence-electron chi connectivity index (χ1n) is 8.59. The quantitative estimate of drug-likeness (QED) is 0.915. The maximum atomic E-state index is 12.5. The molecule has 3 rings (SSSR count). The van der Waals surface area contributed by atoms with Crippen molar-refractivity contribution in [3.63, 3.8) is 0 Å². The van der Waals surface area contributed by atoms with E-state index in [4.69, 9.17) is 4.74 Å². The van der Waals surface area contributed by atoms with Crippen LogP contribution < -0.4 is 10.2 Å². The molecule has 2 fully saturated rings. The Bertz CT molecular complexity index is 619. The molecule has 1 N–H and O–H groups in total. The van der Waals surface area contributed by atoms with Crippen molar-refractivity contribution in [3.05, 3.63) is 24.3 Å². The summed E-state index contributed by atoms with van der Waals surface area (Å²) in [5.74, 6) is 0.0578. The predicted octanol–water partition coefficient (Wildman–Crippen LogP) is 1.86. The summed E-state index contributed by atoms with van der Waals surface area (Å²) in [6.07, 6.45) is 1.58. The Morgan fingerprint density at radius 1 is 1.33 bits per heavy atom. The summed E-state index contributed by atoms with van der Waals surface area (Å²) in [7, 11) is 0. The van der Waals surface area contributed by atoms with Crippen molar-refractivity contribution in [1.29, 1.82) is 0 Å². The first-order chi connectivity index (χ1) is 11.5. The van der Waals surface area contributed by atoms with Gasteiger partial charge in [0.15, 0.2) is 0 Å². The minimum atomic E-state index is -0.0601. The van der Waals surface area contributed by atoms with Crippen molar-refractivity contribution < 1.29 is 14.3 Å². The van der Waals surface area contributed by atoms with Crippen LogP contribution in [-0.4, -0.2) is 55.1 Å². The molecule has 24 heavy (non-hydrogen) atoms. The van der Waals surface area contributed by atoms with Gasteiger partial charge >= 0.3 is 0 Å². The smallest absolute Gasteiger partial charge is 0.238 e. The molecule has 2 aliphatic heterocycles. The number of rotatable bonds is 4. The number of hydrogen-bond donors (Lipinski definition) is 1. The molecule has 0 aliphatic carbocycles. The van der Waals surface area contributed by atoms with Crippen LogP contribution in [-0.2, 0) is 14.3 Å². The van der Waals surface area contributed by atoms with E-state index in [1.807, 2.05) is 31.2 Å². The van der Waals surface area contributed by atoms with Gasteiger partial charge in [-0.2, -0.15) is 0 Å². The number of para-hydroxylation sites is 2. The number of benzene rings is 1. The lowest BCUT2D eigenvalue weighted by Gasteiger charge is -2.36. The standard InChI is InChI=1S/C18H25N3O3/c1-13-12-24-14(2)10-20(13)11-17(22)19-15-6-3-4-7-16(15)21-9-5-8-18(21)23/h3-4,6-7,13-14H,5,8-12H2,1-2H3,(H,19,22). The summed E-state index contributed by atoms with van der Waals surface area (Å²) in [6.45, 7) is 6.52. The Labute approximate surface area is 142 Å². The second-order valence-electron chi connectivity index (χ2n) is 6.64. The zero-order chi connectivity index (χ0) is 17.1. The largest absolute Gasteiger partial charge is 0.376 e. The second kappa shape index (κ2) is 7.32. The van der Waals surface area contributed by atoms with Gasteiger partial charge in [0.1, 0.15) is 0 Å². The van der Waals surface area contributed by atoms with E-state index in [0.717, 1.165) is 18.7 Å². The molecular formula is C18H25N3O3. The molecule has 130 valence electrons. The average molecular weight is 331 g/mol. The molecule has 2 aliphatic rings. The van der Waals surface area contributed by atoms with Gasteiger partial charge in [-0.3, -0.25) is 14.5 Å². The van der Waals surface area contributed by atoms with Crippen molar-refractivity contribution in [2.75, 3.05) is 36.5 Å². The third-order valence-electron chi connectivity index (χ3n) is 4.63. The molecule has 1 aromatic carbocycles. The number of anilines is 2. The summed E-state index contributed by atoms with van der Waals surface area (Å²) in [6, 6.07) is 7.73. The van der Waals surface area contributed by atoms with Gasteiger partial charge in [0.05, 0.1) is 30.6 Å². The van der Waals surface area contributed by atoms with Crippen LogP contribution in [0.1, 0.15) is 26.7 Å². The average Bonchev–Trinajstić information content (AvgIpc) is 2.97. The van der Waals surface area contributed by atoms with Crippen LogP contribution in [0.15, 0.2) is 24.3 Å². The first kappa shape index (κ1) is 16.9. The minimum Gasteiger partial charge on any atom is -0.376 e. The highest BCUT2D eigenvalue weighted by molar-refractivity contribution is 6.02. The van der Waals surface area contributed by atoms with Crippen LogP contribution in [0.3, 0.4) is 0 Å². The van der Waals surface area contributed by atoms with Gasteiger partial charge in [-0.15, -0.1) is 0 Å². The van der Waals surface area contributed by atoms with Crippen LogP contribution in [0.2, 0.25) is 0 Å². The Morgan fingerprint density at radius 2 is 2.12 bits per heavy atom. The van der Waals surface area contributed by atoms with Crippen LogP contribution in [0, 0.1) is 0 Å². The Balaban J connectivity index is 1.67. The zero-order valence-electron chi connectivity index (χ0n) is 14.3. The molecule has 2 unspecified atom stereocenters. The molecular weight excluding hydrogens is 306 g/mol. The third-order valence-corrected chi connectivity index (χ3v) is 4.63. The number of morpholine rings is 1. The van der Waals surface area contributed by atoms with Gasteiger partial charge < -0.3 is 15.0 Å². The number of amides is 2. The molecule has 2 atom stereocenters. The van der Waals surface area contributed by atoms with E-state index in [1.54, 1.807) is 4.90 Å². The van der Waals surface area contributed by atoms with Crippen molar-refractivity contribution in [2.45, 2.75) is 38.8 Å². The molecule has 0 spiro atoms. The second-order valence-corrected chi connectivity index (χ2v) is 6.64. The Hall–Kier alpha value is -1.92. The first-order valence-corrected chi connectivity index (χ1v) is 8.59. The summed E-state index contributed by atoms with van der Waals surface area (Å²) in [4.78, 5) is 28.4. The van der Waals surface area contributed by atoms with Crippen LogP contribution in [0.4, 0.5) is 11.4 Å². The summed E-state index contributed by atoms with van der Waals surface area (Å²) in [5.41, 5.74) is 1.49. The Kier molecular flexibility index (Phi) is 5.16. The van der Waals surface area contributed by atoms with Crippen LogP contribution in [0.25, 0.3) is 0 Å². The van der Waals surface area contributed by atoms with Crippen LogP contribution in [0.5, 0.6) is 0 Å². The van der Waals surface area contributed by atoms with E-state index in [-0.39, 0.29) is 24.0 Å². The minimum absolute atomic E-state index is 0.0601. The van der Waals surface area contributed by atoms with Gasteiger partial charge in [-0.05, 0) is 32.4 Å². The van der Waals surface area contributed by atoms with Crippen LogP contribution >= 0.6 is 0 Å². The number of carbonyl (C=O) groups is 2. The molecule has 1 aromatic rings. The maximum Gasteiger partial charge on any atom is 0.238 e. The number of ether oxygens (including phenoxy) is 1. The van der Waals surface area contributed by atoms with Crippen molar-refractivity contribution in [1.82, 2.24) is 4.90 Å². The fourth-order valence-corrected chi connectivity index (χ4v) is 3.28. The SMILES string of the molecule is CC1CN(CC(=O)Nc2ccccc2N2CCCC2=O)C(C)CO1. The summed E-state index contributed by atoms with van der Waals surface area (Å²) in [5, 5.41) is 2.98. The fraction of sp³-hybridized carbons (Fsp3) is 0.556. The Morgan fingerprint density at radius 3 is 2.88 bits per heavy atom. The van der Waals surface area contributed by atoms with E-state index in [1.165, 1.54) is 0 Å². The van der Waals surface area contributed by atoms with E-state index in [2.05, 4.69) is 17.1 Å². The number of nitrogens with one attached hydrogen (secondary N) is 1. The van der Waals surface area contributed by atoms with Crippen molar-refractivity contribution in [3.8, 4) is 0 Å². The third kappa shape index (κ3) is 3.76. The monoisotopic (exact) mass is 331 g/mol. The topological polar surface area (TPSA) is 61.9 Å². The van der Waals surface area contributed by atoms with Gasteiger partial charge in [0.25, 0.3) is 0 Å². The van der Waals surface area contributed by atoms with Gasteiger partial charge in [0.2, 0.25) is 11.8 Å². The summed E-state index contributed by atoms with van der Waals surface area (Å²) >= 11 is 0. The van der Waals surface area contributed by atoms with Gasteiger partial charge in [0, 0.05) is 25.6 Å². The molecule has 6 nitrogen and oxygen atoms in total. The molecule has 6 heteroatoms. The number of nitrogens with zero attached hydrogens (tertiary/aromatic N) is 2.